The summed E-state index contributed by atoms with van der Waals surface area (Å²) in [4.78, 5) is 11.8. The molecule has 0 radical (unpaired) electrons. The number of carbonyl (C=O) groups excluding carboxylic acids is 1. The summed E-state index contributed by atoms with van der Waals surface area (Å²) in [5.74, 6) is -0.595. The lowest BCUT2D eigenvalue weighted by atomic mass is 10.2. The summed E-state index contributed by atoms with van der Waals surface area (Å²) in [7, 11) is -4.04. The van der Waals surface area contributed by atoms with Gasteiger partial charge in [0, 0.05) is 12.6 Å². The largest absolute Gasteiger partial charge is 0.380 e. The first-order valence-corrected chi connectivity index (χ1v) is 8.38. The number of nitrogens with two attached hydrogens (primary N) is 1. The van der Waals surface area contributed by atoms with Gasteiger partial charge in [0.25, 0.3) is 5.91 Å². The van der Waals surface area contributed by atoms with Crippen LogP contribution in [-0.2, 0) is 14.8 Å². The molecule has 0 aliphatic rings. The molecule has 0 fully saturated rings. The van der Waals surface area contributed by atoms with Gasteiger partial charge < -0.3 is 10.1 Å². The minimum atomic E-state index is -4.04. The molecule has 1 amide bonds. The third-order valence-corrected chi connectivity index (χ3v) is 4.31. The number of ether oxygens (including phenoxy) is 1. The van der Waals surface area contributed by atoms with Crippen molar-refractivity contribution in [1.29, 1.82) is 0 Å². The maximum Gasteiger partial charge on any atom is 0.254 e. The van der Waals surface area contributed by atoms with Crippen molar-refractivity contribution in [2.45, 2.75) is 24.8 Å². The molecule has 0 aliphatic heterocycles. The van der Waals surface area contributed by atoms with Crippen LogP contribution in [0.2, 0.25) is 10.0 Å². The lowest BCUT2D eigenvalue weighted by molar-refractivity contribution is 0.0872. The van der Waals surface area contributed by atoms with Gasteiger partial charge in [-0.05, 0) is 26.0 Å². The van der Waals surface area contributed by atoms with Gasteiger partial charge in [-0.3, -0.25) is 4.79 Å². The summed E-state index contributed by atoms with van der Waals surface area (Å²) in [6.45, 7) is 4.39. The number of nitrogens with one attached hydrogen (secondary N) is 1. The third-order valence-electron chi connectivity index (χ3n) is 2.54. The van der Waals surface area contributed by atoms with E-state index in [0.717, 1.165) is 6.07 Å². The Kier molecular flexibility index (Phi) is 6.42. The monoisotopic (exact) mass is 354 g/mol. The first-order chi connectivity index (χ1) is 9.68. The van der Waals surface area contributed by atoms with Gasteiger partial charge in [0.1, 0.15) is 4.90 Å². The van der Waals surface area contributed by atoms with Gasteiger partial charge in [0.15, 0.2) is 0 Å². The number of primary sulfonamides is 1. The lowest BCUT2D eigenvalue weighted by Crippen LogP contribution is -2.36. The highest BCUT2D eigenvalue weighted by Crippen LogP contribution is 2.30. The highest BCUT2D eigenvalue weighted by atomic mass is 35.5. The van der Waals surface area contributed by atoms with Gasteiger partial charge in [-0.25, -0.2) is 13.6 Å². The van der Waals surface area contributed by atoms with Crippen LogP contribution in [0.1, 0.15) is 24.2 Å². The second-order valence-electron chi connectivity index (χ2n) is 4.31. The molecule has 0 heterocycles. The van der Waals surface area contributed by atoms with Gasteiger partial charge in [-0.15, -0.1) is 0 Å². The molecule has 0 saturated heterocycles. The normalized spacial score (nSPS) is 13.0. The zero-order valence-electron chi connectivity index (χ0n) is 11.5. The fourth-order valence-corrected chi connectivity index (χ4v) is 3.07. The number of amides is 1. The second-order valence-corrected chi connectivity index (χ2v) is 6.63. The van der Waals surface area contributed by atoms with Crippen molar-refractivity contribution < 1.29 is 17.9 Å². The molecule has 9 heteroatoms. The van der Waals surface area contributed by atoms with E-state index in [9.17, 15) is 13.2 Å². The molecule has 0 saturated carbocycles. The van der Waals surface area contributed by atoms with E-state index in [4.69, 9.17) is 33.1 Å². The van der Waals surface area contributed by atoms with Crippen LogP contribution < -0.4 is 10.5 Å². The molecule has 0 bridgehead atoms. The summed E-state index contributed by atoms with van der Waals surface area (Å²) < 4.78 is 28.0. The fraction of sp³-hybridized carbons (Fsp3) is 0.417. The van der Waals surface area contributed by atoms with Crippen molar-refractivity contribution in [3.8, 4) is 0 Å². The molecule has 1 aromatic rings. The molecular formula is C12H16Cl2N2O4S. The highest BCUT2D eigenvalue weighted by Gasteiger charge is 2.23. The van der Waals surface area contributed by atoms with Crippen LogP contribution in [0.5, 0.6) is 0 Å². The molecule has 21 heavy (non-hydrogen) atoms. The zero-order chi connectivity index (χ0) is 16.2. The maximum atomic E-state index is 12.2. The van der Waals surface area contributed by atoms with E-state index in [2.05, 4.69) is 5.32 Å². The van der Waals surface area contributed by atoms with E-state index in [1.807, 2.05) is 6.92 Å². The number of hydrogen-bond acceptors (Lipinski definition) is 4. The van der Waals surface area contributed by atoms with Gasteiger partial charge in [0.05, 0.1) is 22.2 Å². The molecular weight excluding hydrogens is 339 g/mol. The summed E-state index contributed by atoms with van der Waals surface area (Å²) in [6.07, 6.45) is 0. The summed E-state index contributed by atoms with van der Waals surface area (Å²) in [5, 5.41) is 7.40. The van der Waals surface area contributed by atoms with Crippen LogP contribution in [0.3, 0.4) is 0 Å². The Labute approximate surface area is 133 Å². The van der Waals surface area contributed by atoms with Gasteiger partial charge in [-0.1, -0.05) is 23.2 Å². The maximum absolute atomic E-state index is 12.2. The van der Waals surface area contributed by atoms with E-state index >= 15 is 0 Å². The molecule has 1 atom stereocenters. The van der Waals surface area contributed by atoms with Crippen LogP contribution in [0.4, 0.5) is 0 Å². The predicted octanol–water partition coefficient (Wildman–Crippen LogP) is 1.80. The molecule has 1 unspecified atom stereocenters. The average molecular weight is 355 g/mol. The number of halogens is 2. The first kappa shape index (κ1) is 18.2. The van der Waals surface area contributed by atoms with Crippen molar-refractivity contribution in [2.24, 2.45) is 5.14 Å². The minimum absolute atomic E-state index is 0.0357. The van der Waals surface area contributed by atoms with Gasteiger partial charge in [0.2, 0.25) is 10.0 Å². The number of hydrogen-bond donors (Lipinski definition) is 2. The first-order valence-electron chi connectivity index (χ1n) is 6.07. The second kappa shape index (κ2) is 7.42. The topological polar surface area (TPSA) is 98.5 Å². The van der Waals surface area contributed by atoms with Crippen molar-refractivity contribution in [3.05, 3.63) is 27.7 Å². The van der Waals surface area contributed by atoms with Gasteiger partial charge in [-0.2, -0.15) is 0 Å². The molecule has 0 aliphatic carbocycles. The average Bonchev–Trinajstić information content (AvgIpc) is 2.34. The molecule has 0 aromatic heterocycles. The van der Waals surface area contributed by atoms with Crippen LogP contribution in [0, 0.1) is 0 Å². The molecule has 6 nitrogen and oxygen atoms in total. The predicted molar refractivity (Wildman–Crippen MR) is 81.3 cm³/mol. The van der Waals surface area contributed by atoms with Crippen LogP contribution in [0.25, 0.3) is 0 Å². The molecule has 3 N–H and O–H groups in total. The Morgan fingerprint density at radius 3 is 2.57 bits per heavy atom. The standard InChI is InChI=1S/C12H16Cl2N2O4S/c1-3-20-6-7(2)16-12(17)10-8(13)4-5-9(11(10)14)21(15,18)19/h4-5,7H,3,6H2,1-2H3,(H,16,17)(H2,15,18,19). The van der Waals surface area contributed by atoms with E-state index in [0.29, 0.717) is 13.2 Å². The fourth-order valence-electron chi connectivity index (χ4n) is 1.59. The molecule has 0 spiro atoms. The van der Waals surface area contributed by atoms with E-state index < -0.39 is 15.9 Å². The van der Waals surface area contributed by atoms with Crippen LogP contribution in [-0.4, -0.2) is 33.6 Å². The molecule has 118 valence electrons. The van der Waals surface area contributed by atoms with E-state index in [-0.39, 0.29) is 26.5 Å². The van der Waals surface area contributed by atoms with Crippen LogP contribution >= 0.6 is 23.2 Å². The van der Waals surface area contributed by atoms with Crippen molar-refractivity contribution in [1.82, 2.24) is 5.32 Å². The molecule has 1 aromatic carbocycles. The summed E-state index contributed by atoms with van der Waals surface area (Å²) in [6, 6.07) is 2.12. The number of carbonyl (C=O) groups is 1. The third kappa shape index (κ3) is 4.82. The molecule has 1 rings (SSSR count). The van der Waals surface area contributed by atoms with E-state index in [1.165, 1.54) is 6.07 Å². The van der Waals surface area contributed by atoms with Crippen molar-refractivity contribution in [2.75, 3.05) is 13.2 Å². The summed E-state index contributed by atoms with van der Waals surface area (Å²) in [5.41, 5.74) is -0.131. The SMILES string of the molecule is CCOCC(C)NC(=O)c1c(Cl)ccc(S(N)(=O)=O)c1Cl. The number of benzene rings is 1. The van der Waals surface area contributed by atoms with Crippen molar-refractivity contribution in [3.63, 3.8) is 0 Å². The van der Waals surface area contributed by atoms with Gasteiger partial charge >= 0.3 is 0 Å². The Morgan fingerprint density at radius 2 is 2.05 bits per heavy atom. The Bertz CT molecular complexity index is 634. The Hall–Kier alpha value is -0.860. The number of sulfonamides is 1. The Balaban J connectivity index is 3.10. The van der Waals surface area contributed by atoms with Crippen molar-refractivity contribution >= 4 is 39.1 Å². The minimum Gasteiger partial charge on any atom is -0.380 e. The number of rotatable bonds is 6. The zero-order valence-corrected chi connectivity index (χ0v) is 13.8. The van der Waals surface area contributed by atoms with Crippen LogP contribution in [0.15, 0.2) is 17.0 Å². The Morgan fingerprint density at radius 1 is 1.43 bits per heavy atom. The lowest BCUT2D eigenvalue weighted by Gasteiger charge is -2.16. The quantitative estimate of drug-likeness (QED) is 0.813. The summed E-state index contributed by atoms with van der Waals surface area (Å²) >= 11 is 11.9. The highest BCUT2D eigenvalue weighted by molar-refractivity contribution is 7.89. The smallest absolute Gasteiger partial charge is 0.254 e. The van der Waals surface area contributed by atoms with E-state index in [1.54, 1.807) is 6.92 Å².